The fraction of sp³-hybridized carbons (Fsp3) is 0.273. The molecule has 2 heterocycles. The van der Waals surface area contributed by atoms with Gasteiger partial charge in [-0.3, -0.25) is 4.79 Å². The Labute approximate surface area is 169 Å². The van der Waals surface area contributed by atoms with Crippen molar-refractivity contribution in [3.05, 3.63) is 59.5 Å². The molecule has 1 aliphatic heterocycles. The summed E-state index contributed by atoms with van der Waals surface area (Å²) in [7, 11) is 0. The summed E-state index contributed by atoms with van der Waals surface area (Å²) in [6, 6.07) is 17.3. The van der Waals surface area contributed by atoms with E-state index in [9.17, 15) is 4.79 Å². The van der Waals surface area contributed by atoms with Crippen LogP contribution in [0, 0.1) is 0 Å². The lowest BCUT2D eigenvalue weighted by Gasteiger charge is -2.12. The van der Waals surface area contributed by atoms with E-state index in [1.807, 2.05) is 61.5 Å². The minimum absolute atomic E-state index is 0.133. The highest BCUT2D eigenvalue weighted by Gasteiger charge is 2.23. The number of hydrogen-bond acceptors (Lipinski definition) is 5. The molecule has 0 unspecified atom stereocenters. The molecule has 1 fully saturated rings. The summed E-state index contributed by atoms with van der Waals surface area (Å²) in [6.45, 7) is 4.57. The first kappa shape index (κ1) is 18.5. The van der Waals surface area contributed by atoms with E-state index in [0.717, 1.165) is 40.9 Å². The van der Waals surface area contributed by atoms with Gasteiger partial charge in [-0.05, 0) is 44.0 Å². The highest BCUT2D eigenvalue weighted by molar-refractivity contribution is 7.18. The fourth-order valence-electron chi connectivity index (χ4n) is 3.29. The average molecular weight is 394 g/mol. The Kier molecular flexibility index (Phi) is 5.58. The van der Waals surface area contributed by atoms with E-state index in [2.05, 4.69) is 10.2 Å². The van der Waals surface area contributed by atoms with Crippen LogP contribution in [0.3, 0.4) is 0 Å². The molecule has 2 aromatic carbocycles. The minimum atomic E-state index is -0.133. The largest absolute Gasteiger partial charge is 0.494 e. The molecule has 0 saturated carbocycles. The molecule has 0 atom stereocenters. The van der Waals surface area contributed by atoms with Crippen LogP contribution >= 0.6 is 11.3 Å². The molecule has 1 N–H and O–H groups in total. The molecule has 4 rings (SSSR count). The van der Waals surface area contributed by atoms with Crippen LogP contribution in [0.5, 0.6) is 5.75 Å². The van der Waals surface area contributed by atoms with Gasteiger partial charge in [-0.1, -0.05) is 41.7 Å². The molecule has 1 saturated heterocycles. The van der Waals surface area contributed by atoms with Gasteiger partial charge in [0.2, 0.25) is 0 Å². The van der Waals surface area contributed by atoms with Crippen LogP contribution < -0.4 is 15.0 Å². The molecular formula is C22H23N3O2S. The summed E-state index contributed by atoms with van der Waals surface area (Å²) in [4.78, 5) is 20.8. The van der Waals surface area contributed by atoms with Crippen molar-refractivity contribution >= 4 is 28.1 Å². The first-order valence-corrected chi connectivity index (χ1v) is 10.4. The Hall–Kier alpha value is -2.86. The summed E-state index contributed by atoms with van der Waals surface area (Å²) in [6.07, 6.45) is 2.35. The maximum absolute atomic E-state index is 13.1. The summed E-state index contributed by atoms with van der Waals surface area (Å²) >= 11 is 1.47. The lowest BCUT2D eigenvalue weighted by Crippen LogP contribution is -2.17. The van der Waals surface area contributed by atoms with Crippen molar-refractivity contribution in [3.63, 3.8) is 0 Å². The number of benzene rings is 2. The van der Waals surface area contributed by atoms with Crippen molar-refractivity contribution in [2.24, 2.45) is 0 Å². The monoisotopic (exact) mass is 393 g/mol. The van der Waals surface area contributed by atoms with Crippen LogP contribution in [0.25, 0.3) is 11.3 Å². The van der Waals surface area contributed by atoms with Crippen LogP contribution in [0.15, 0.2) is 54.6 Å². The van der Waals surface area contributed by atoms with Crippen LogP contribution in [-0.4, -0.2) is 30.6 Å². The number of nitrogens with one attached hydrogen (secondary N) is 1. The van der Waals surface area contributed by atoms with Crippen LogP contribution in [0.2, 0.25) is 0 Å². The van der Waals surface area contributed by atoms with E-state index in [1.165, 1.54) is 24.2 Å². The van der Waals surface area contributed by atoms with Gasteiger partial charge in [-0.15, -0.1) is 0 Å². The number of carbonyl (C=O) groups is 1. The number of aromatic nitrogens is 1. The lowest BCUT2D eigenvalue weighted by atomic mass is 10.1. The Bertz CT molecular complexity index is 932. The topological polar surface area (TPSA) is 54.5 Å². The smallest absolute Gasteiger partial charge is 0.268 e. The van der Waals surface area contributed by atoms with E-state index in [-0.39, 0.29) is 5.91 Å². The second-order valence-electron chi connectivity index (χ2n) is 6.65. The molecule has 1 aliphatic rings. The summed E-state index contributed by atoms with van der Waals surface area (Å²) in [5, 5.41) is 3.92. The van der Waals surface area contributed by atoms with Crippen molar-refractivity contribution in [1.82, 2.24) is 4.98 Å². The van der Waals surface area contributed by atoms with Crippen LogP contribution in [-0.2, 0) is 0 Å². The van der Waals surface area contributed by atoms with E-state index in [0.29, 0.717) is 11.5 Å². The van der Waals surface area contributed by atoms with E-state index in [4.69, 9.17) is 9.72 Å². The first-order valence-electron chi connectivity index (χ1n) is 9.60. The molecule has 144 valence electrons. The summed E-state index contributed by atoms with van der Waals surface area (Å²) < 4.78 is 5.46. The predicted octanol–water partition coefficient (Wildman–Crippen LogP) is 5.06. The van der Waals surface area contributed by atoms with E-state index in [1.54, 1.807) is 0 Å². The van der Waals surface area contributed by atoms with Crippen molar-refractivity contribution in [3.8, 4) is 17.0 Å². The molecule has 28 heavy (non-hydrogen) atoms. The van der Waals surface area contributed by atoms with Gasteiger partial charge in [0.15, 0.2) is 5.13 Å². The number of carbonyl (C=O) groups excluding carboxylic acids is 1. The number of ether oxygens (including phenoxy) is 1. The van der Waals surface area contributed by atoms with E-state index >= 15 is 0 Å². The van der Waals surface area contributed by atoms with Crippen molar-refractivity contribution in [2.45, 2.75) is 19.8 Å². The van der Waals surface area contributed by atoms with Gasteiger partial charge in [0, 0.05) is 24.3 Å². The van der Waals surface area contributed by atoms with Crippen molar-refractivity contribution < 1.29 is 9.53 Å². The molecule has 1 amide bonds. The van der Waals surface area contributed by atoms with Gasteiger partial charge in [-0.2, -0.15) is 0 Å². The molecule has 1 aromatic heterocycles. The Balaban J connectivity index is 1.62. The average Bonchev–Trinajstić information content (AvgIpc) is 3.40. The number of hydrogen-bond donors (Lipinski definition) is 1. The molecule has 6 heteroatoms. The van der Waals surface area contributed by atoms with E-state index < -0.39 is 0 Å². The minimum Gasteiger partial charge on any atom is -0.494 e. The number of anilines is 2. The Morgan fingerprint density at radius 2 is 1.82 bits per heavy atom. The third-order valence-electron chi connectivity index (χ3n) is 4.67. The van der Waals surface area contributed by atoms with Gasteiger partial charge in [0.25, 0.3) is 5.91 Å². The SMILES string of the molecule is CCOc1ccc(NC(=O)c2sc(N3CCCC3)nc2-c2ccccc2)cc1. The maximum Gasteiger partial charge on any atom is 0.268 e. The highest BCUT2D eigenvalue weighted by Crippen LogP contribution is 2.35. The highest BCUT2D eigenvalue weighted by atomic mass is 32.1. The fourth-order valence-corrected chi connectivity index (χ4v) is 4.32. The molecule has 5 nitrogen and oxygen atoms in total. The predicted molar refractivity (Wildman–Crippen MR) is 115 cm³/mol. The van der Waals surface area contributed by atoms with Gasteiger partial charge in [-0.25, -0.2) is 4.98 Å². The molecule has 0 bridgehead atoms. The maximum atomic E-state index is 13.1. The summed E-state index contributed by atoms with van der Waals surface area (Å²) in [5.74, 6) is 0.658. The van der Waals surface area contributed by atoms with Crippen LogP contribution in [0.1, 0.15) is 29.4 Å². The molecular weight excluding hydrogens is 370 g/mol. The second-order valence-corrected chi connectivity index (χ2v) is 7.62. The third-order valence-corrected chi connectivity index (χ3v) is 5.78. The molecule has 0 radical (unpaired) electrons. The summed E-state index contributed by atoms with van der Waals surface area (Å²) in [5.41, 5.74) is 2.44. The zero-order chi connectivity index (χ0) is 19.3. The normalized spacial score (nSPS) is 13.5. The Morgan fingerprint density at radius 3 is 2.50 bits per heavy atom. The molecule has 3 aromatic rings. The van der Waals surface area contributed by atoms with Crippen LogP contribution in [0.4, 0.5) is 10.8 Å². The van der Waals surface area contributed by atoms with Crippen molar-refractivity contribution in [1.29, 1.82) is 0 Å². The zero-order valence-electron chi connectivity index (χ0n) is 15.9. The quantitative estimate of drug-likeness (QED) is 0.636. The van der Waals surface area contributed by atoms with Gasteiger partial charge >= 0.3 is 0 Å². The standard InChI is InChI=1S/C22H23N3O2S/c1-2-27-18-12-10-17(11-13-18)23-21(26)20-19(16-8-4-3-5-9-16)24-22(28-20)25-14-6-7-15-25/h3-5,8-13H,2,6-7,14-15H2,1H3,(H,23,26). The number of amides is 1. The first-order chi connectivity index (χ1) is 13.7. The number of rotatable bonds is 6. The Morgan fingerprint density at radius 1 is 1.11 bits per heavy atom. The number of thiazole rings is 1. The molecule has 0 aliphatic carbocycles. The third kappa shape index (κ3) is 4.02. The number of nitrogens with zero attached hydrogens (tertiary/aromatic N) is 2. The van der Waals surface area contributed by atoms with Gasteiger partial charge < -0.3 is 15.0 Å². The second kappa shape index (κ2) is 8.44. The van der Waals surface area contributed by atoms with Gasteiger partial charge in [0.05, 0.1) is 12.3 Å². The van der Waals surface area contributed by atoms with Crippen molar-refractivity contribution in [2.75, 3.05) is 29.9 Å². The lowest BCUT2D eigenvalue weighted by molar-refractivity contribution is 0.103. The van der Waals surface area contributed by atoms with Gasteiger partial charge in [0.1, 0.15) is 10.6 Å². The zero-order valence-corrected chi connectivity index (χ0v) is 16.7. The molecule has 0 spiro atoms.